The molecule has 1 aliphatic carbocycles. The molecule has 1 N–H and O–H groups in total. The number of carbonyl (C=O) groups is 1. The molecule has 0 saturated heterocycles. The van der Waals surface area contributed by atoms with Gasteiger partial charge >= 0.3 is 0 Å². The van der Waals surface area contributed by atoms with Crippen LogP contribution in [0.15, 0.2) is 59.5 Å². The topological polar surface area (TPSA) is 81.1 Å². The summed E-state index contributed by atoms with van der Waals surface area (Å²) in [5.74, 6) is -0.298. The number of aromatic nitrogens is 2. The zero-order valence-electron chi connectivity index (χ0n) is 17.0. The monoisotopic (exact) mass is 423 g/mol. The van der Waals surface area contributed by atoms with Gasteiger partial charge in [0, 0.05) is 16.9 Å². The summed E-state index contributed by atoms with van der Waals surface area (Å²) in [6.07, 6.45) is 4.92. The molecule has 6 nitrogen and oxygen atoms in total. The van der Waals surface area contributed by atoms with Crippen LogP contribution in [0.5, 0.6) is 0 Å². The molecule has 0 atom stereocenters. The van der Waals surface area contributed by atoms with Crippen LogP contribution in [0, 0.1) is 0 Å². The first-order chi connectivity index (χ1) is 14.5. The predicted molar refractivity (Wildman–Crippen MR) is 117 cm³/mol. The average Bonchev–Trinajstić information content (AvgIpc) is 2.95. The summed E-state index contributed by atoms with van der Waals surface area (Å²) >= 11 is 0. The van der Waals surface area contributed by atoms with E-state index in [2.05, 4.69) is 10.4 Å². The number of hydrogen-bond acceptors (Lipinski definition) is 4. The lowest BCUT2D eigenvalue weighted by molar-refractivity contribution is 0.102. The van der Waals surface area contributed by atoms with Crippen molar-refractivity contribution in [3.05, 3.63) is 71.5 Å². The number of rotatable bonds is 5. The highest BCUT2D eigenvalue weighted by atomic mass is 32.2. The minimum atomic E-state index is -3.34. The van der Waals surface area contributed by atoms with Gasteiger partial charge in [0.25, 0.3) is 5.91 Å². The first kappa shape index (κ1) is 20.3. The molecule has 156 valence electrons. The Bertz CT molecular complexity index is 1170. The second-order valence-corrected chi connectivity index (χ2v) is 9.75. The molecule has 0 saturated carbocycles. The smallest absolute Gasteiger partial charge is 0.276 e. The maximum atomic E-state index is 13.1. The van der Waals surface area contributed by atoms with E-state index in [1.54, 1.807) is 25.1 Å². The number of carbonyl (C=O) groups excluding carboxylic acids is 1. The normalized spacial score (nSPS) is 14.0. The van der Waals surface area contributed by atoms with Crippen LogP contribution in [-0.2, 0) is 22.7 Å². The quantitative estimate of drug-likeness (QED) is 0.624. The summed E-state index contributed by atoms with van der Waals surface area (Å²) in [5.41, 5.74) is 3.88. The van der Waals surface area contributed by atoms with E-state index in [0.717, 1.165) is 49.0 Å². The molecule has 2 aromatic carbocycles. The van der Waals surface area contributed by atoms with Crippen molar-refractivity contribution in [2.75, 3.05) is 11.1 Å². The van der Waals surface area contributed by atoms with E-state index in [4.69, 9.17) is 0 Å². The first-order valence-electron chi connectivity index (χ1n) is 10.3. The molecule has 0 spiro atoms. The van der Waals surface area contributed by atoms with Gasteiger partial charge in [0.15, 0.2) is 15.5 Å². The number of sulfone groups is 1. The van der Waals surface area contributed by atoms with Crippen LogP contribution in [0.3, 0.4) is 0 Å². The van der Waals surface area contributed by atoms with Crippen molar-refractivity contribution in [3.63, 3.8) is 0 Å². The van der Waals surface area contributed by atoms with Gasteiger partial charge < -0.3 is 5.32 Å². The Hall–Kier alpha value is -2.93. The molecule has 0 radical (unpaired) electrons. The summed E-state index contributed by atoms with van der Waals surface area (Å²) < 4.78 is 26.2. The van der Waals surface area contributed by atoms with Crippen molar-refractivity contribution in [2.45, 2.75) is 43.9 Å². The van der Waals surface area contributed by atoms with E-state index < -0.39 is 9.84 Å². The van der Waals surface area contributed by atoms with Crippen molar-refractivity contribution in [1.82, 2.24) is 9.78 Å². The molecule has 0 aliphatic heterocycles. The van der Waals surface area contributed by atoms with Crippen LogP contribution in [0.4, 0.5) is 5.69 Å². The largest absolute Gasteiger partial charge is 0.321 e. The minimum Gasteiger partial charge on any atom is -0.321 e. The fraction of sp³-hybridized carbons (Fsp3) is 0.304. The van der Waals surface area contributed by atoms with E-state index in [0.29, 0.717) is 11.4 Å². The van der Waals surface area contributed by atoms with Gasteiger partial charge in [-0.15, -0.1) is 0 Å². The van der Waals surface area contributed by atoms with Crippen molar-refractivity contribution in [1.29, 1.82) is 0 Å². The second kappa shape index (κ2) is 8.44. The number of anilines is 1. The number of nitrogens with zero attached hydrogens (tertiary/aromatic N) is 2. The first-order valence-corrected chi connectivity index (χ1v) is 11.9. The molecule has 0 fully saturated rings. The van der Waals surface area contributed by atoms with E-state index in [1.807, 2.05) is 35.0 Å². The highest BCUT2D eigenvalue weighted by Gasteiger charge is 2.25. The molecule has 3 aromatic rings. The maximum absolute atomic E-state index is 13.1. The zero-order chi connectivity index (χ0) is 21.1. The van der Waals surface area contributed by atoms with Crippen LogP contribution in [0.1, 0.15) is 47.9 Å². The molecule has 1 heterocycles. The third-order valence-electron chi connectivity index (χ3n) is 5.48. The van der Waals surface area contributed by atoms with Gasteiger partial charge in [-0.3, -0.25) is 4.79 Å². The van der Waals surface area contributed by atoms with Crippen LogP contribution < -0.4 is 5.32 Å². The number of hydrogen-bond donors (Lipinski definition) is 1. The number of benzene rings is 2. The fourth-order valence-electron chi connectivity index (χ4n) is 3.87. The highest BCUT2D eigenvalue weighted by Crippen LogP contribution is 2.27. The maximum Gasteiger partial charge on any atom is 0.276 e. The molecule has 1 aromatic heterocycles. The fourth-order valence-corrected chi connectivity index (χ4v) is 4.79. The van der Waals surface area contributed by atoms with Crippen molar-refractivity contribution < 1.29 is 13.2 Å². The third kappa shape index (κ3) is 4.03. The van der Waals surface area contributed by atoms with Crippen LogP contribution in [-0.4, -0.2) is 29.9 Å². The van der Waals surface area contributed by atoms with Gasteiger partial charge in [-0.1, -0.05) is 37.6 Å². The number of fused-ring (bicyclic) bond motifs is 1. The summed E-state index contributed by atoms with van der Waals surface area (Å²) in [4.78, 5) is 13.3. The predicted octanol–water partition coefficient (Wildman–Crippen LogP) is 4.19. The molecule has 0 unspecified atom stereocenters. The van der Waals surface area contributed by atoms with Gasteiger partial charge in [0.05, 0.1) is 16.3 Å². The van der Waals surface area contributed by atoms with E-state index >= 15 is 0 Å². The highest BCUT2D eigenvalue weighted by molar-refractivity contribution is 7.91. The molecule has 30 heavy (non-hydrogen) atoms. The van der Waals surface area contributed by atoms with Crippen LogP contribution in [0.2, 0.25) is 0 Å². The van der Waals surface area contributed by atoms with Gasteiger partial charge in [-0.25, -0.2) is 13.1 Å². The molecular weight excluding hydrogens is 398 g/mol. The third-order valence-corrected chi connectivity index (χ3v) is 7.21. The van der Waals surface area contributed by atoms with Crippen molar-refractivity contribution in [3.8, 4) is 5.69 Å². The zero-order valence-corrected chi connectivity index (χ0v) is 17.8. The Kier molecular flexibility index (Phi) is 5.72. The molecule has 7 heteroatoms. The van der Waals surface area contributed by atoms with Gasteiger partial charge in [-0.05, 0) is 56.0 Å². The lowest BCUT2D eigenvalue weighted by atomic mass is 10.1. The Morgan fingerprint density at radius 1 is 1.03 bits per heavy atom. The van der Waals surface area contributed by atoms with Gasteiger partial charge in [-0.2, -0.15) is 5.10 Å². The molecule has 1 aliphatic rings. The number of nitrogens with one attached hydrogen (secondary N) is 1. The number of amides is 1. The number of para-hydroxylation sites is 1. The lowest BCUT2D eigenvalue weighted by Crippen LogP contribution is -2.15. The SMILES string of the molecule is CCS(=O)(=O)c1cccc(NC(=O)c2nn(-c3ccccc3)c3c2CCCCC3)c1. The van der Waals surface area contributed by atoms with Crippen LogP contribution in [0.25, 0.3) is 5.69 Å². The Balaban J connectivity index is 1.70. The summed E-state index contributed by atoms with van der Waals surface area (Å²) in [5, 5.41) is 7.52. The minimum absolute atomic E-state index is 0.0133. The van der Waals surface area contributed by atoms with Crippen molar-refractivity contribution in [2.24, 2.45) is 0 Å². The molecule has 0 bridgehead atoms. The van der Waals surface area contributed by atoms with Crippen LogP contribution >= 0.6 is 0 Å². The van der Waals surface area contributed by atoms with E-state index in [-0.39, 0.29) is 16.6 Å². The molecular formula is C23H25N3O3S. The summed E-state index contributed by atoms with van der Waals surface area (Å²) in [7, 11) is -3.34. The van der Waals surface area contributed by atoms with E-state index in [9.17, 15) is 13.2 Å². The Morgan fingerprint density at radius 3 is 2.57 bits per heavy atom. The Labute approximate surface area is 176 Å². The van der Waals surface area contributed by atoms with E-state index in [1.165, 1.54) is 6.07 Å². The molecule has 1 amide bonds. The van der Waals surface area contributed by atoms with Gasteiger partial charge in [0.1, 0.15) is 0 Å². The average molecular weight is 424 g/mol. The van der Waals surface area contributed by atoms with Gasteiger partial charge in [0.2, 0.25) is 0 Å². The summed E-state index contributed by atoms with van der Waals surface area (Å²) in [6.45, 7) is 1.60. The Morgan fingerprint density at radius 2 is 1.80 bits per heavy atom. The molecule has 4 rings (SSSR count). The summed E-state index contributed by atoms with van der Waals surface area (Å²) in [6, 6.07) is 16.2. The standard InChI is InChI=1S/C23H25N3O3S/c1-2-30(28,29)19-13-9-10-17(16-19)24-23(27)22-20-14-7-4-8-15-21(20)26(25-22)18-11-5-3-6-12-18/h3,5-6,9-13,16H,2,4,7-8,14-15H2,1H3,(H,24,27). The second-order valence-electron chi connectivity index (χ2n) is 7.47. The van der Waals surface area contributed by atoms with Crippen molar-refractivity contribution >= 4 is 21.4 Å². The lowest BCUT2D eigenvalue weighted by Gasteiger charge is -2.07.